The van der Waals surface area contributed by atoms with Crippen LogP contribution in [0, 0.1) is 0 Å². The zero-order chi connectivity index (χ0) is 25.9. The number of aliphatic hydroxyl groups is 1. The normalized spacial score (nSPS) is 15.0. The second-order valence-electron chi connectivity index (χ2n) is 8.99. The molecule has 0 spiro atoms. The van der Waals surface area contributed by atoms with Crippen molar-refractivity contribution in [3.63, 3.8) is 0 Å². The van der Waals surface area contributed by atoms with E-state index in [4.69, 9.17) is 14.0 Å². The number of nitrogens with zero attached hydrogens (tertiary/aromatic N) is 1. The minimum Gasteiger partial charge on any atom is -0.512 e. The van der Waals surface area contributed by atoms with Crippen LogP contribution >= 0.6 is 0 Å². The van der Waals surface area contributed by atoms with Crippen LogP contribution in [0.4, 0.5) is 0 Å². The molecule has 1 saturated heterocycles. The largest absolute Gasteiger partial charge is 0.512 e. The molecule has 0 unspecified atom stereocenters. The minimum absolute atomic E-state index is 0.0682. The van der Waals surface area contributed by atoms with Crippen LogP contribution in [0.1, 0.15) is 49.8 Å². The van der Waals surface area contributed by atoms with E-state index in [0.717, 1.165) is 22.3 Å². The maximum absolute atomic E-state index is 11.9. The number of carbonyl (C=O) groups is 3. The highest BCUT2D eigenvalue weighted by Crippen LogP contribution is 2.41. The Morgan fingerprint density at radius 1 is 0.946 bits per heavy atom. The van der Waals surface area contributed by atoms with Gasteiger partial charge in [0.2, 0.25) is 0 Å². The number of hydroxylamine groups is 2. The van der Waals surface area contributed by atoms with E-state index in [2.05, 4.69) is 0 Å². The van der Waals surface area contributed by atoms with Crippen molar-refractivity contribution in [2.75, 3.05) is 6.61 Å². The molecule has 1 aromatic rings. The Kier molecular flexibility index (Phi) is 6.76. The van der Waals surface area contributed by atoms with Crippen LogP contribution in [0.2, 0.25) is 0 Å². The van der Waals surface area contributed by atoms with Crippen molar-refractivity contribution in [2.45, 2.75) is 44.9 Å². The number of benzene rings is 2. The lowest BCUT2D eigenvalue weighted by atomic mass is 9.88. The lowest BCUT2D eigenvalue weighted by Gasteiger charge is -2.21. The van der Waals surface area contributed by atoms with Gasteiger partial charge in [-0.25, -0.2) is 4.79 Å². The highest BCUT2D eigenvalue weighted by molar-refractivity contribution is 6.01. The number of fused-ring (bicyclic) bond motifs is 2. The molecule has 2 aliphatic heterocycles. The molecular weight excluding hydrogens is 478 g/mol. The number of carbonyl (C=O) groups excluding carboxylic acids is 3. The number of rotatable bonds is 8. The smallest absolute Gasteiger partial charge is 0.333 e. The fourth-order valence-corrected chi connectivity index (χ4v) is 4.52. The molecule has 4 aliphatic rings. The predicted molar refractivity (Wildman–Crippen MR) is 132 cm³/mol. The summed E-state index contributed by atoms with van der Waals surface area (Å²) in [7, 11) is 0. The maximum Gasteiger partial charge on any atom is 0.333 e. The third-order valence-corrected chi connectivity index (χ3v) is 6.36. The van der Waals surface area contributed by atoms with Crippen LogP contribution in [-0.4, -0.2) is 34.6 Å². The van der Waals surface area contributed by atoms with Gasteiger partial charge in [0, 0.05) is 49.0 Å². The SMILES string of the molecule is O=C(CCCCOc1ccc(-c2c3ccc(=O)cc-3oc3c2CCC(O)=C3)cc1)ON1C(=O)CCC1=O. The summed E-state index contributed by atoms with van der Waals surface area (Å²) in [5.41, 5.74) is 3.54. The lowest BCUT2D eigenvalue weighted by molar-refractivity contribution is -0.197. The second kappa shape index (κ2) is 10.3. The average molecular weight is 504 g/mol. The van der Waals surface area contributed by atoms with Crippen LogP contribution in [0.5, 0.6) is 5.75 Å². The Morgan fingerprint density at radius 2 is 1.70 bits per heavy atom. The van der Waals surface area contributed by atoms with E-state index in [-0.39, 0.29) is 30.5 Å². The van der Waals surface area contributed by atoms with E-state index in [1.807, 2.05) is 24.3 Å². The Labute approximate surface area is 212 Å². The van der Waals surface area contributed by atoms with Gasteiger partial charge in [-0.15, -0.1) is 5.06 Å². The van der Waals surface area contributed by atoms with E-state index in [0.29, 0.717) is 54.6 Å². The summed E-state index contributed by atoms with van der Waals surface area (Å²) in [6.45, 7) is 0.382. The first-order valence-electron chi connectivity index (χ1n) is 12.2. The average Bonchev–Trinajstić information content (AvgIpc) is 3.19. The van der Waals surface area contributed by atoms with Crippen LogP contribution in [0.3, 0.4) is 0 Å². The van der Waals surface area contributed by atoms with Crippen molar-refractivity contribution in [2.24, 2.45) is 0 Å². The Morgan fingerprint density at radius 3 is 2.46 bits per heavy atom. The summed E-state index contributed by atoms with van der Waals surface area (Å²) in [5, 5.41) is 10.5. The molecule has 2 amide bonds. The van der Waals surface area contributed by atoms with Crippen molar-refractivity contribution in [3.05, 3.63) is 69.8 Å². The van der Waals surface area contributed by atoms with E-state index < -0.39 is 17.8 Å². The molecule has 2 aliphatic carbocycles. The Hall–Kier alpha value is -4.40. The van der Waals surface area contributed by atoms with Gasteiger partial charge in [0.25, 0.3) is 11.8 Å². The van der Waals surface area contributed by atoms with Crippen LogP contribution in [0.25, 0.3) is 28.5 Å². The second-order valence-corrected chi connectivity index (χ2v) is 8.99. The minimum atomic E-state index is -0.620. The molecule has 0 bridgehead atoms. The Bertz CT molecular complexity index is 1400. The number of hydrogen-bond donors (Lipinski definition) is 1. The molecule has 1 fully saturated rings. The fourth-order valence-electron chi connectivity index (χ4n) is 4.52. The predicted octanol–water partition coefficient (Wildman–Crippen LogP) is 4.41. The molecule has 1 N–H and O–H groups in total. The van der Waals surface area contributed by atoms with E-state index in [1.54, 1.807) is 12.1 Å². The Balaban J connectivity index is 1.21. The van der Waals surface area contributed by atoms with Gasteiger partial charge < -0.3 is 19.1 Å². The highest BCUT2D eigenvalue weighted by atomic mass is 16.7. The van der Waals surface area contributed by atoms with Gasteiger partial charge in [0.1, 0.15) is 17.3 Å². The zero-order valence-corrected chi connectivity index (χ0v) is 20.0. The third-order valence-electron chi connectivity index (χ3n) is 6.36. The monoisotopic (exact) mass is 503 g/mol. The molecule has 0 saturated carbocycles. The van der Waals surface area contributed by atoms with Crippen molar-refractivity contribution in [1.82, 2.24) is 5.06 Å². The molecule has 0 aromatic heterocycles. The van der Waals surface area contributed by atoms with Gasteiger partial charge in [0.15, 0.2) is 5.43 Å². The zero-order valence-electron chi connectivity index (χ0n) is 20.0. The fraction of sp³-hybridized carbons (Fsp3) is 0.286. The molecule has 190 valence electrons. The summed E-state index contributed by atoms with van der Waals surface area (Å²) in [5.74, 6) is 0.318. The number of amides is 2. The van der Waals surface area contributed by atoms with Crippen molar-refractivity contribution in [3.8, 4) is 28.2 Å². The molecular formula is C28H25NO8. The quantitative estimate of drug-likeness (QED) is 0.354. The summed E-state index contributed by atoms with van der Waals surface area (Å²) in [4.78, 5) is 51.6. The number of allylic oxidation sites excluding steroid dienone is 1. The van der Waals surface area contributed by atoms with E-state index in [1.165, 1.54) is 12.1 Å². The maximum atomic E-state index is 11.9. The number of imide groups is 1. The van der Waals surface area contributed by atoms with Gasteiger partial charge in [-0.1, -0.05) is 12.1 Å². The van der Waals surface area contributed by atoms with Gasteiger partial charge in [-0.3, -0.25) is 14.4 Å². The van der Waals surface area contributed by atoms with Crippen LogP contribution in [0.15, 0.2) is 57.4 Å². The summed E-state index contributed by atoms with van der Waals surface area (Å²) in [6, 6.07) is 12.3. The highest BCUT2D eigenvalue weighted by Gasteiger charge is 2.32. The van der Waals surface area contributed by atoms with Gasteiger partial charge in [0.05, 0.1) is 12.4 Å². The summed E-state index contributed by atoms with van der Waals surface area (Å²) in [6.07, 6.45) is 4.02. The topological polar surface area (TPSA) is 123 Å². The first kappa shape index (κ1) is 24.3. The van der Waals surface area contributed by atoms with Crippen molar-refractivity contribution in [1.29, 1.82) is 0 Å². The molecule has 9 heteroatoms. The van der Waals surface area contributed by atoms with E-state index >= 15 is 0 Å². The summed E-state index contributed by atoms with van der Waals surface area (Å²) < 4.78 is 11.7. The standard InChI is InChI=1S/C28H25NO8/c30-18-6-10-21-23(15-18)36-24-16-19(31)7-11-22(24)28(21)17-4-8-20(9-5-17)35-14-2-1-3-27(34)37-29-25(32)12-13-26(29)33/h4-6,8-10,15-16,31H,1-3,7,11-14H2. The molecule has 0 radical (unpaired) electrons. The van der Waals surface area contributed by atoms with Gasteiger partial charge >= 0.3 is 5.97 Å². The van der Waals surface area contributed by atoms with E-state index in [9.17, 15) is 24.3 Å². The number of aliphatic hydroxyl groups excluding tert-OH is 1. The number of unbranched alkanes of at least 4 members (excludes halogenated alkanes) is 1. The first-order chi connectivity index (χ1) is 17.9. The number of ether oxygens (including phenoxy) is 1. The lowest BCUT2D eigenvalue weighted by Crippen LogP contribution is -2.31. The number of hydrogen-bond acceptors (Lipinski definition) is 8. The molecule has 1 aromatic carbocycles. The molecule has 0 atom stereocenters. The summed E-state index contributed by atoms with van der Waals surface area (Å²) >= 11 is 0. The van der Waals surface area contributed by atoms with Crippen molar-refractivity contribution < 1.29 is 33.5 Å². The van der Waals surface area contributed by atoms with Gasteiger partial charge in [-0.05, 0) is 54.7 Å². The van der Waals surface area contributed by atoms with Crippen molar-refractivity contribution >= 4 is 23.9 Å². The molecule has 5 rings (SSSR count). The molecule has 9 nitrogen and oxygen atoms in total. The molecule has 37 heavy (non-hydrogen) atoms. The van der Waals surface area contributed by atoms with Gasteiger partial charge in [-0.2, -0.15) is 0 Å². The van der Waals surface area contributed by atoms with Crippen LogP contribution in [-0.2, 0) is 25.6 Å². The molecule has 2 heterocycles. The van der Waals surface area contributed by atoms with Crippen LogP contribution < -0.4 is 10.2 Å². The third kappa shape index (κ3) is 5.25. The first-order valence-corrected chi connectivity index (χ1v) is 12.2.